The van der Waals surface area contributed by atoms with E-state index in [0.29, 0.717) is 28.4 Å². The lowest BCUT2D eigenvalue weighted by Gasteiger charge is -2.06. The molecule has 1 amide bonds. The number of amides is 1. The molecule has 0 aliphatic heterocycles. The number of furan rings is 1. The molecule has 0 radical (unpaired) electrons. The Kier molecular flexibility index (Phi) is 4.61. The van der Waals surface area contributed by atoms with Crippen molar-refractivity contribution in [2.45, 2.75) is 6.92 Å². The molecule has 1 aromatic carbocycles. The van der Waals surface area contributed by atoms with Crippen molar-refractivity contribution in [2.75, 3.05) is 14.2 Å². The fourth-order valence-corrected chi connectivity index (χ4v) is 1.78. The first kappa shape index (κ1) is 14.6. The van der Waals surface area contributed by atoms with E-state index in [1.165, 1.54) is 12.5 Å². The van der Waals surface area contributed by atoms with Crippen molar-refractivity contribution < 1.29 is 18.7 Å². The van der Waals surface area contributed by atoms with Gasteiger partial charge in [0, 0.05) is 5.56 Å². The monoisotopic (exact) mass is 288 g/mol. The van der Waals surface area contributed by atoms with E-state index >= 15 is 0 Å². The zero-order valence-electron chi connectivity index (χ0n) is 12.0. The third kappa shape index (κ3) is 3.42. The number of hydrogen-bond donors (Lipinski definition) is 1. The molecule has 0 aliphatic carbocycles. The molecule has 21 heavy (non-hydrogen) atoms. The van der Waals surface area contributed by atoms with E-state index in [9.17, 15) is 4.79 Å². The van der Waals surface area contributed by atoms with Crippen molar-refractivity contribution in [3.63, 3.8) is 0 Å². The Balaban J connectivity index is 2.11. The summed E-state index contributed by atoms with van der Waals surface area (Å²) in [6, 6.07) is 6.90. The Morgan fingerprint density at radius 1 is 1.29 bits per heavy atom. The average molecular weight is 288 g/mol. The van der Waals surface area contributed by atoms with Gasteiger partial charge in [-0.2, -0.15) is 5.10 Å². The molecule has 2 rings (SSSR count). The first-order chi connectivity index (χ1) is 10.2. The topological polar surface area (TPSA) is 73.1 Å². The molecule has 6 heteroatoms. The number of rotatable bonds is 5. The van der Waals surface area contributed by atoms with Gasteiger partial charge >= 0.3 is 0 Å². The Labute approximate surface area is 122 Å². The normalized spacial score (nSPS) is 10.6. The predicted octanol–water partition coefficient (Wildman–Crippen LogP) is 2.37. The summed E-state index contributed by atoms with van der Waals surface area (Å²) < 4.78 is 15.4. The van der Waals surface area contributed by atoms with E-state index < -0.39 is 0 Å². The Morgan fingerprint density at radius 3 is 2.71 bits per heavy atom. The van der Waals surface area contributed by atoms with Gasteiger partial charge in [-0.15, -0.1) is 0 Å². The number of carbonyl (C=O) groups is 1. The van der Waals surface area contributed by atoms with Gasteiger partial charge in [-0.25, -0.2) is 5.43 Å². The van der Waals surface area contributed by atoms with Gasteiger partial charge in [0.05, 0.1) is 32.3 Å². The summed E-state index contributed by atoms with van der Waals surface area (Å²) in [4.78, 5) is 11.9. The van der Waals surface area contributed by atoms with Crippen molar-refractivity contribution in [1.82, 2.24) is 5.43 Å². The minimum absolute atomic E-state index is 0.334. The summed E-state index contributed by atoms with van der Waals surface area (Å²) in [7, 11) is 3.14. The second-order valence-corrected chi connectivity index (χ2v) is 4.20. The van der Waals surface area contributed by atoms with Crippen molar-refractivity contribution in [2.24, 2.45) is 5.10 Å². The smallest absolute Gasteiger partial charge is 0.274 e. The zero-order chi connectivity index (χ0) is 15.2. The van der Waals surface area contributed by atoms with E-state index in [-0.39, 0.29) is 5.91 Å². The predicted molar refractivity (Wildman–Crippen MR) is 78.1 cm³/mol. The van der Waals surface area contributed by atoms with E-state index in [4.69, 9.17) is 13.9 Å². The summed E-state index contributed by atoms with van der Waals surface area (Å²) >= 11 is 0. The van der Waals surface area contributed by atoms with Gasteiger partial charge in [-0.3, -0.25) is 4.79 Å². The van der Waals surface area contributed by atoms with Crippen LogP contribution in [0.15, 0.2) is 40.0 Å². The second kappa shape index (κ2) is 6.60. The highest BCUT2D eigenvalue weighted by atomic mass is 16.5. The quantitative estimate of drug-likeness (QED) is 0.677. The minimum atomic E-state index is -0.334. The third-order valence-electron chi connectivity index (χ3n) is 2.91. The van der Waals surface area contributed by atoms with E-state index in [2.05, 4.69) is 10.5 Å². The molecule has 0 bridgehead atoms. The van der Waals surface area contributed by atoms with Gasteiger partial charge in [0.1, 0.15) is 17.3 Å². The molecule has 0 saturated heterocycles. The van der Waals surface area contributed by atoms with Crippen molar-refractivity contribution in [3.8, 4) is 11.5 Å². The number of nitrogens with zero attached hydrogens (tertiary/aromatic N) is 1. The lowest BCUT2D eigenvalue weighted by Crippen LogP contribution is -2.17. The SMILES string of the molecule is COc1ccc(OC)c(/C=N\NC(=O)c2ccoc2C)c1. The van der Waals surface area contributed by atoms with Crippen LogP contribution in [0.3, 0.4) is 0 Å². The maximum absolute atomic E-state index is 11.9. The van der Waals surface area contributed by atoms with Gasteiger partial charge in [0.15, 0.2) is 0 Å². The van der Waals surface area contributed by atoms with Crippen LogP contribution >= 0.6 is 0 Å². The molecule has 0 saturated carbocycles. The van der Waals surface area contributed by atoms with Crippen LogP contribution in [0.4, 0.5) is 0 Å². The van der Waals surface area contributed by atoms with Crippen LogP contribution in [-0.4, -0.2) is 26.3 Å². The average Bonchev–Trinajstić information content (AvgIpc) is 2.93. The summed E-state index contributed by atoms with van der Waals surface area (Å²) in [5.74, 6) is 1.52. The number of methoxy groups -OCH3 is 2. The first-order valence-corrected chi connectivity index (χ1v) is 6.25. The Morgan fingerprint density at radius 2 is 2.10 bits per heavy atom. The highest BCUT2D eigenvalue weighted by molar-refractivity contribution is 5.95. The van der Waals surface area contributed by atoms with Gasteiger partial charge in [-0.1, -0.05) is 0 Å². The first-order valence-electron chi connectivity index (χ1n) is 6.25. The standard InChI is InChI=1S/C15H16N2O4/c1-10-13(6-7-21-10)15(18)17-16-9-11-8-12(19-2)4-5-14(11)20-3/h4-9H,1-3H3,(H,17,18)/b16-9-. The van der Waals surface area contributed by atoms with E-state index in [1.54, 1.807) is 45.4 Å². The molecule has 0 fully saturated rings. The molecule has 6 nitrogen and oxygen atoms in total. The van der Waals surface area contributed by atoms with Crippen LogP contribution in [0.2, 0.25) is 0 Å². The maximum atomic E-state index is 11.9. The molecule has 1 aromatic heterocycles. The Hall–Kier alpha value is -2.76. The van der Waals surface area contributed by atoms with Crippen molar-refractivity contribution in [3.05, 3.63) is 47.4 Å². The van der Waals surface area contributed by atoms with Crippen molar-refractivity contribution in [1.29, 1.82) is 0 Å². The molecule has 0 atom stereocenters. The second-order valence-electron chi connectivity index (χ2n) is 4.20. The lowest BCUT2D eigenvalue weighted by atomic mass is 10.2. The third-order valence-corrected chi connectivity index (χ3v) is 2.91. The van der Waals surface area contributed by atoms with Crippen LogP contribution in [0, 0.1) is 6.92 Å². The highest BCUT2D eigenvalue weighted by Gasteiger charge is 2.10. The maximum Gasteiger partial charge on any atom is 0.274 e. The highest BCUT2D eigenvalue weighted by Crippen LogP contribution is 2.22. The van der Waals surface area contributed by atoms with Gasteiger partial charge in [0.25, 0.3) is 5.91 Å². The van der Waals surface area contributed by atoms with Crippen LogP contribution < -0.4 is 14.9 Å². The van der Waals surface area contributed by atoms with E-state index in [1.807, 2.05) is 0 Å². The van der Waals surface area contributed by atoms with Gasteiger partial charge in [-0.05, 0) is 31.2 Å². The number of carbonyl (C=O) groups excluding carboxylic acids is 1. The van der Waals surface area contributed by atoms with Crippen molar-refractivity contribution >= 4 is 12.1 Å². The molecular formula is C15H16N2O4. The molecule has 1 heterocycles. The molecule has 110 valence electrons. The van der Waals surface area contributed by atoms with Crippen LogP contribution in [-0.2, 0) is 0 Å². The van der Waals surface area contributed by atoms with Gasteiger partial charge in [0.2, 0.25) is 0 Å². The largest absolute Gasteiger partial charge is 0.497 e. The van der Waals surface area contributed by atoms with Crippen LogP contribution in [0.1, 0.15) is 21.7 Å². The zero-order valence-corrected chi connectivity index (χ0v) is 12.0. The number of nitrogens with one attached hydrogen (secondary N) is 1. The molecular weight excluding hydrogens is 272 g/mol. The molecule has 0 spiro atoms. The number of benzene rings is 1. The number of hydrazone groups is 1. The van der Waals surface area contributed by atoms with Crippen LogP contribution in [0.5, 0.6) is 11.5 Å². The van der Waals surface area contributed by atoms with Crippen LogP contribution in [0.25, 0.3) is 0 Å². The lowest BCUT2D eigenvalue weighted by molar-refractivity contribution is 0.0953. The summed E-state index contributed by atoms with van der Waals surface area (Å²) in [5, 5.41) is 3.92. The summed E-state index contributed by atoms with van der Waals surface area (Å²) in [5.41, 5.74) is 3.58. The fourth-order valence-electron chi connectivity index (χ4n) is 1.78. The fraction of sp³-hybridized carbons (Fsp3) is 0.200. The number of ether oxygens (including phenoxy) is 2. The number of aryl methyl sites for hydroxylation is 1. The van der Waals surface area contributed by atoms with Gasteiger partial charge < -0.3 is 13.9 Å². The molecule has 2 aromatic rings. The summed E-state index contributed by atoms with van der Waals surface area (Å²) in [6.07, 6.45) is 2.95. The Bertz CT molecular complexity index is 661. The molecule has 1 N–H and O–H groups in total. The van der Waals surface area contributed by atoms with E-state index in [0.717, 1.165) is 0 Å². The molecule has 0 unspecified atom stereocenters. The summed E-state index contributed by atoms with van der Waals surface area (Å²) in [6.45, 7) is 1.71. The minimum Gasteiger partial charge on any atom is -0.497 e. The number of hydrogen-bond acceptors (Lipinski definition) is 5. The molecule has 0 aliphatic rings.